The number of para-hydroxylation sites is 1. The van der Waals surface area contributed by atoms with Crippen molar-refractivity contribution in [3.05, 3.63) is 28.5 Å². The third-order valence-electron chi connectivity index (χ3n) is 3.32. The van der Waals surface area contributed by atoms with E-state index in [1.807, 2.05) is 6.92 Å². The Bertz CT molecular complexity index is 438. The molecule has 5 heteroatoms. The fourth-order valence-electron chi connectivity index (χ4n) is 2.12. The topological polar surface area (TPSA) is 41.1 Å². The lowest BCUT2D eigenvalue weighted by atomic mass is 9.90. The molecule has 2 rings (SSSR count). The first-order chi connectivity index (χ1) is 8.53. The van der Waals surface area contributed by atoms with E-state index in [0.717, 1.165) is 25.8 Å². The molecule has 0 spiro atoms. The van der Waals surface area contributed by atoms with E-state index >= 15 is 0 Å². The summed E-state index contributed by atoms with van der Waals surface area (Å²) in [4.78, 5) is 12.2. The second-order valence-corrected chi connectivity index (χ2v) is 5.62. The molecule has 3 nitrogen and oxygen atoms in total. The lowest BCUT2D eigenvalue weighted by Gasteiger charge is -2.33. The number of carbonyl (C=O) groups excluding carboxylic acids is 1. The second-order valence-electron chi connectivity index (χ2n) is 4.77. The quantitative estimate of drug-likeness (QED) is 0.881. The number of halogens is 2. The fraction of sp³-hybridized carbons (Fsp3) is 0.462. The summed E-state index contributed by atoms with van der Waals surface area (Å²) in [6, 6.07) is 4.63. The number of hydrogen-bond acceptors (Lipinski definition) is 2. The highest BCUT2D eigenvalue weighted by Crippen LogP contribution is 2.27. The molecule has 1 amide bonds. The van der Waals surface area contributed by atoms with Crippen molar-refractivity contribution in [3.63, 3.8) is 0 Å². The molecule has 0 aromatic heterocycles. The van der Waals surface area contributed by atoms with Crippen LogP contribution in [0, 0.1) is 5.82 Å². The SMILES string of the molecule is CC1(C(=O)Nc2c(F)cccc2Br)CCCCN1. The first kappa shape index (κ1) is 13.5. The first-order valence-corrected chi connectivity index (χ1v) is 6.83. The number of rotatable bonds is 2. The minimum Gasteiger partial charge on any atom is -0.321 e. The van der Waals surface area contributed by atoms with Crippen molar-refractivity contribution in [1.82, 2.24) is 5.32 Å². The molecule has 1 aromatic carbocycles. The van der Waals surface area contributed by atoms with E-state index < -0.39 is 11.4 Å². The molecule has 1 unspecified atom stereocenters. The number of hydrogen-bond donors (Lipinski definition) is 2. The Morgan fingerprint density at radius 3 is 2.89 bits per heavy atom. The Labute approximate surface area is 114 Å². The monoisotopic (exact) mass is 314 g/mol. The smallest absolute Gasteiger partial charge is 0.244 e. The van der Waals surface area contributed by atoms with Gasteiger partial charge in [0, 0.05) is 4.47 Å². The molecule has 1 saturated heterocycles. The van der Waals surface area contributed by atoms with E-state index in [4.69, 9.17) is 0 Å². The molecular formula is C13H16BrFN2O. The predicted octanol–water partition coefficient (Wildman–Crippen LogP) is 3.06. The summed E-state index contributed by atoms with van der Waals surface area (Å²) in [6.45, 7) is 2.68. The van der Waals surface area contributed by atoms with Gasteiger partial charge in [0.25, 0.3) is 0 Å². The highest BCUT2D eigenvalue weighted by Gasteiger charge is 2.34. The second kappa shape index (κ2) is 5.36. The Kier molecular flexibility index (Phi) is 4.02. The van der Waals surface area contributed by atoms with Crippen LogP contribution in [0.3, 0.4) is 0 Å². The van der Waals surface area contributed by atoms with Gasteiger partial charge in [-0.05, 0) is 60.8 Å². The van der Waals surface area contributed by atoms with Crippen LogP contribution in [0.15, 0.2) is 22.7 Å². The van der Waals surface area contributed by atoms with Gasteiger partial charge in [0.2, 0.25) is 5.91 Å². The lowest BCUT2D eigenvalue weighted by Crippen LogP contribution is -2.54. The lowest BCUT2D eigenvalue weighted by molar-refractivity contribution is -0.122. The zero-order valence-electron chi connectivity index (χ0n) is 10.2. The summed E-state index contributed by atoms with van der Waals surface area (Å²) in [5, 5.41) is 5.87. The summed E-state index contributed by atoms with van der Waals surface area (Å²) in [7, 11) is 0. The zero-order valence-corrected chi connectivity index (χ0v) is 11.8. The van der Waals surface area contributed by atoms with Crippen molar-refractivity contribution in [2.24, 2.45) is 0 Å². The molecule has 1 aliphatic rings. The molecule has 0 bridgehead atoms. The van der Waals surface area contributed by atoms with Gasteiger partial charge in [0.05, 0.1) is 11.2 Å². The predicted molar refractivity (Wildman–Crippen MR) is 73.0 cm³/mol. The van der Waals surface area contributed by atoms with Crippen LogP contribution in [0.2, 0.25) is 0 Å². The Hall–Kier alpha value is -0.940. The van der Waals surface area contributed by atoms with Gasteiger partial charge >= 0.3 is 0 Å². The van der Waals surface area contributed by atoms with Crippen molar-refractivity contribution < 1.29 is 9.18 Å². The molecular weight excluding hydrogens is 299 g/mol. The normalized spacial score (nSPS) is 23.7. The van der Waals surface area contributed by atoms with Gasteiger partial charge in [-0.3, -0.25) is 4.79 Å². The molecule has 18 heavy (non-hydrogen) atoms. The van der Waals surface area contributed by atoms with E-state index in [9.17, 15) is 9.18 Å². The van der Waals surface area contributed by atoms with Gasteiger partial charge in [0.15, 0.2) is 0 Å². The van der Waals surface area contributed by atoms with Crippen LogP contribution in [-0.4, -0.2) is 18.0 Å². The molecule has 1 aliphatic heterocycles. The molecule has 0 radical (unpaired) electrons. The number of anilines is 1. The minimum absolute atomic E-state index is 0.187. The van der Waals surface area contributed by atoms with Crippen molar-refractivity contribution in [1.29, 1.82) is 0 Å². The molecule has 0 saturated carbocycles. The summed E-state index contributed by atoms with van der Waals surface area (Å²) in [5.41, 5.74) is -0.406. The molecule has 1 heterocycles. The van der Waals surface area contributed by atoms with Crippen molar-refractivity contribution in [2.45, 2.75) is 31.7 Å². The number of piperidine rings is 1. The van der Waals surface area contributed by atoms with E-state index in [1.54, 1.807) is 12.1 Å². The third kappa shape index (κ3) is 2.72. The molecule has 0 aliphatic carbocycles. The summed E-state index contributed by atoms with van der Waals surface area (Å²) >= 11 is 3.24. The van der Waals surface area contributed by atoms with Crippen LogP contribution in [-0.2, 0) is 4.79 Å². The summed E-state index contributed by atoms with van der Waals surface area (Å²) < 4.78 is 14.2. The average molecular weight is 315 g/mol. The van der Waals surface area contributed by atoms with Gasteiger partial charge in [-0.15, -0.1) is 0 Å². The maximum Gasteiger partial charge on any atom is 0.244 e. The molecule has 1 aromatic rings. The van der Waals surface area contributed by atoms with E-state index in [0.29, 0.717) is 4.47 Å². The van der Waals surface area contributed by atoms with Crippen molar-refractivity contribution in [3.8, 4) is 0 Å². The van der Waals surface area contributed by atoms with Gasteiger partial charge < -0.3 is 10.6 Å². The van der Waals surface area contributed by atoms with Gasteiger partial charge in [-0.2, -0.15) is 0 Å². The van der Waals surface area contributed by atoms with Crippen molar-refractivity contribution in [2.75, 3.05) is 11.9 Å². The first-order valence-electron chi connectivity index (χ1n) is 6.03. The number of carbonyl (C=O) groups is 1. The minimum atomic E-state index is -0.611. The average Bonchev–Trinajstić information content (AvgIpc) is 2.34. The standard InChI is InChI=1S/C13H16BrFN2O/c1-13(7-2-3-8-16-13)12(18)17-11-9(14)5-4-6-10(11)15/h4-6,16H,2-3,7-8H2,1H3,(H,17,18). The summed E-state index contributed by atoms with van der Waals surface area (Å²) in [6.07, 6.45) is 2.85. The Morgan fingerprint density at radius 2 is 2.28 bits per heavy atom. The zero-order chi connectivity index (χ0) is 13.2. The third-order valence-corrected chi connectivity index (χ3v) is 3.98. The van der Waals surface area contributed by atoms with Gasteiger partial charge in [-0.25, -0.2) is 4.39 Å². The Morgan fingerprint density at radius 1 is 1.50 bits per heavy atom. The maximum absolute atomic E-state index is 13.6. The van der Waals surface area contributed by atoms with Crippen molar-refractivity contribution >= 4 is 27.5 Å². The molecule has 2 N–H and O–H groups in total. The molecule has 98 valence electrons. The maximum atomic E-state index is 13.6. The van der Waals surface area contributed by atoms with E-state index in [2.05, 4.69) is 26.6 Å². The summed E-state index contributed by atoms with van der Waals surface area (Å²) in [5.74, 6) is -0.620. The van der Waals surface area contributed by atoms with Crippen LogP contribution < -0.4 is 10.6 Å². The largest absolute Gasteiger partial charge is 0.321 e. The van der Waals surface area contributed by atoms with Crippen LogP contribution in [0.25, 0.3) is 0 Å². The Balaban J connectivity index is 2.16. The van der Waals surface area contributed by atoms with Crippen LogP contribution >= 0.6 is 15.9 Å². The van der Waals surface area contributed by atoms with E-state index in [1.165, 1.54) is 6.07 Å². The highest BCUT2D eigenvalue weighted by atomic mass is 79.9. The van der Waals surface area contributed by atoms with E-state index in [-0.39, 0.29) is 11.6 Å². The van der Waals surface area contributed by atoms with Crippen LogP contribution in [0.1, 0.15) is 26.2 Å². The number of benzene rings is 1. The molecule has 1 fully saturated rings. The van der Waals surface area contributed by atoms with Crippen LogP contribution in [0.5, 0.6) is 0 Å². The fourth-order valence-corrected chi connectivity index (χ4v) is 2.56. The number of nitrogens with one attached hydrogen (secondary N) is 2. The number of amides is 1. The highest BCUT2D eigenvalue weighted by molar-refractivity contribution is 9.10. The van der Waals surface area contributed by atoms with Crippen LogP contribution in [0.4, 0.5) is 10.1 Å². The van der Waals surface area contributed by atoms with Gasteiger partial charge in [0.1, 0.15) is 5.82 Å². The molecule has 1 atom stereocenters. The van der Waals surface area contributed by atoms with Gasteiger partial charge in [-0.1, -0.05) is 6.07 Å².